The quantitative estimate of drug-likeness (QED) is 0.602. The molecule has 6 N–H and O–H groups in total. The third-order valence-corrected chi connectivity index (χ3v) is 3.08. The summed E-state index contributed by atoms with van der Waals surface area (Å²) in [6.45, 7) is 1.87. The van der Waals surface area contributed by atoms with Crippen molar-refractivity contribution in [3.8, 4) is 0 Å². The van der Waals surface area contributed by atoms with Gasteiger partial charge in [-0.1, -0.05) is 0 Å². The number of primary amides is 1. The van der Waals surface area contributed by atoms with Gasteiger partial charge in [-0.25, -0.2) is 0 Å². The average molecular weight is 262 g/mol. The number of nitrogens with two attached hydrogens (primary N) is 2. The number of carbonyl (C=O) groups is 2. The number of nitrogen functional groups attached to an aromatic ring is 1. The van der Waals surface area contributed by atoms with Crippen LogP contribution in [0.2, 0.25) is 0 Å². The van der Waals surface area contributed by atoms with Crippen molar-refractivity contribution in [1.82, 2.24) is 0 Å². The van der Waals surface area contributed by atoms with Crippen molar-refractivity contribution in [2.75, 3.05) is 16.4 Å². The maximum atomic E-state index is 11.3. The number of rotatable bonds is 4. The lowest BCUT2D eigenvalue weighted by molar-refractivity contribution is -0.118. The largest absolute Gasteiger partial charge is 0.397 e. The molecule has 0 bridgehead atoms. The zero-order chi connectivity index (χ0) is 14.0. The molecular weight excluding hydrogens is 244 g/mol. The van der Waals surface area contributed by atoms with Gasteiger partial charge in [-0.05, 0) is 31.0 Å². The number of hydrogen-bond donors (Lipinski definition) is 4. The first-order chi connectivity index (χ1) is 8.95. The molecule has 0 fully saturated rings. The SMILES string of the molecule is CC(CC(N)=O)Nc1cc2c(cc1N)NC(=O)CC2. The maximum Gasteiger partial charge on any atom is 0.224 e. The summed E-state index contributed by atoms with van der Waals surface area (Å²) in [5.41, 5.74) is 14.2. The summed E-state index contributed by atoms with van der Waals surface area (Å²) in [5, 5.41) is 5.96. The first kappa shape index (κ1) is 13.2. The highest BCUT2D eigenvalue weighted by atomic mass is 16.2. The summed E-state index contributed by atoms with van der Waals surface area (Å²) >= 11 is 0. The van der Waals surface area contributed by atoms with Crippen LogP contribution < -0.4 is 22.1 Å². The molecule has 102 valence electrons. The molecule has 1 aromatic rings. The molecular formula is C13H18N4O2. The minimum atomic E-state index is -0.358. The molecule has 0 radical (unpaired) electrons. The van der Waals surface area contributed by atoms with Crippen LogP contribution in [0.25, 0.3) is 0 Å². The van der Waals surface area contributed by atoms with Crippen LogP contribution in [-0.2, 0) is 16.0 Å². The van der Waals surface area contributed by atoms with Gasteiger partial charge in [0.15, 0.2) is 0 Å². The smallest absolute Gasteiger partial charge is 0.224 e. The number of carbonyl (C=O) groups excluding carboxylic acids is 2. The molecule has 1 atom stereocenters. The molecule has 2 amide bonds. The summed E-state index contributed by atoms with van der Waals surface area (Å²) in [4.78, 5) is 22.2. The fourth-order valence-corrected chi connectivity index (χ4v) is 2.19. The Kier molecular flexibility index (Phi) is 3.59. The Labute approximate surface area is 111 Å². The van der Waals surface area contributed by atoms with E-state index in [4.69, 9.17) is 11.5 Å². The summed E-state index contributed by atoms with van der Waals surface area (Å²) in [6, 6.07) is 3.57. The second-order valence-corrected chi connectivity index (χ2v) is 4.86. The van der Waals surface area contributed by atoms with E-state index in [2.05, 4.69) is 10.6 Å². The number of benzene rings is 1. The van der Waals surface area contributed by atoms with Gasteiger partial charge in [0, 0.05) is 24.6 Å². The molecule has 19 heavy (non-hydrogen) atoms. The molecule has 1 heterocycles. The number of hydrogen-bond acceptors (Lipinski definition) is 4. The van der Waals surface area contributed by atoms with Crippen molar-refractivity contribution in [2.45, 2.75) is 32.2 Å². The molecule has 6 heteroatoms. The van der Waals surface area contributed by atoms with Crippen molar-refractivity contribution in [3.05, 3.63) is 17.7 Å². The number of anilines is 3. The monoisotopic (exact) mass is 262 g/mol. The van der Waals surface area contributed by atoms with Crippen LogP contribution >= 0.6 is 0 Å². The normalized spacial score (nSPS) is 15.3. The Bertz CT molecular complexity index is 528. The van der Waals surface area contributed by atoms with E-state index in [-0.39, 0.29) is 24.3 Å². The van der Waals surface area contributed by atoms with Crippen molar-refractivity contribution in [3.63, 3.8) is 0 Å². The number of amides is 2. The molecule has 6 nitrogen and oxygen atoms in total. The standard InChI is InChI=1S/C13H18N4O2/c1-7(4-12(15)18)16-11-5-8-2-3-13(19)17-10(8)6-9(11)14/h5-7,16H,2-4,14H2,1H3,(H2,15,18)(H,17,19). The van der Waals surface area contributed by atoms with Crippen molar-refractivity contribution < 1.29 is 9.59 Å². The molecule has 0 aromatic heterocycles. The van der Waals surface area contributed by atoms with Gasteiger partial charge >= 0.3 is 0 Å². The Morgan fingerprint density at radius 3 is 2.89 bits per heavy atom. The van der Waals surface area contributed by atoms with Gasteiger partial charge in [-0.3, -0.25) is 9.59 Å². The van der Waals surface area contributed by atoms with E-state index in [0.717, 1.165) is 16.9 Å². The second kappa shape index (κ2) is 5.17. The van der Waals surface area contributed by atoms with Gasteiger partial charge in [0.05, 0.1) is 11.4 Å². The minimum Gasteiger partial charge on any atom is -0.397 e. The summed E-state index contributed by atoms with van der Waals surface area (Å²) < 4.78 is 0. The third kappa shape index (κ3) is 3.15. The minimum absolute atomic E-state index is 0.00899. The van der Waals surface area contributed by atoms with Crippen LogP contribution in [0, 0.1) is 0 Å². The van der Waals surface area contributed by atoms with Crippen LogP contribution in [0.15, 0.2) is 12.1 Å². The molecule has 1 aliphatic rings. The maximum absolute atomic E-state index is 11.3. The van der Waals surface area contributed by atoms with Gasteiger partial charge in [-0.15, -0.1) is 0 Å². The van der Waals surface area contributed by atoms with E-state index in [0.29, 0.717) is 18.5 Å². The third-order valence-electron chi connectivity index (χ3n) is 3.08. The van der Waals surface area contributed by atoms with E-state index in [1.165, 1.54) is 0 Å². The fraction of sp³-hybridized carbons (Fsp3) is 0.385. The number of nitrogens with one attached hydrogen (secondary N) is 2. The second-order valence-electron chi connectivity index (χ2n) is 4.86. The van der Waals surface area contributed by atoms with E-state index < -0.39 is 0 Å². The number of aryl methyl sites for hydroxylation is 1. The molecule has 1 unspecified atom stereocenters. The summed E-state index contributed by atoms with van der Waals surface area (Å²) in [6.07, 6.45) is 1.42. The molecule has 0 spiro atoms. The molecule has 0 aliphatic carbocycles. The Morgan fingerprint density at radius 2 is 2.21 bits per heavy atom. The topological polar surface area (TPSA) is 110 Å². The predicted octanol–water partition coefficient (Wildman–Crippen LogP) is 0.829. The Balaban J connectivity index is 2.18. The van der Waals surface area contributed by atoms with E-state index in [1.807, 2.05) is 13.0 Å². The first-order valence-corrected chi connectivity index (χ1v) is 6.23. The van der Waals surface area contributed by atoms with E-state index in [9.17, 15) is 9.59 Å². The first-order valence-electron chi connectivity index (χ1n) is 6.23. The van der Waals surface area contributed by atoms with E-state index in [1.54, 1.807) is 6.07 Å². The van der Waals surface area contributed by atoms with Gasteiger partial charge in [0.1, 0.15) is 0 Å². The van der Waals surface area contributed by atoms with Crippen LogP contribution in [0.4, 0.5) is 17.1 Å². The molecule has 0 saturated heterocycles. The van der Waals surface area contributed by atoms with Crippen LogP contribution in [0.3, 0.4) is 0 Å². The van der Waals surface area contributed by atoms with E-state index >= 15 is 0 Å². The van der Waals surface area contributed by atoms with Crippen molar-refractivity contribution in [2.24, 2.45) is 5.73 Å². The zero-order valence-electron chi connectivity index (χ0n) is 10.8. The van der Waals surface area contributed by atoms with Crippen LogP contribution in [0.1, 0.15) is 25.3 Å². The average Bonchev–Trinajstić information content (AvgIpc) is 2.29. The molecule has 1 aliphatic heterocycles. The summed E-state index contributed by atoms with van der Waals surface area (Å²) in [7, 11) is 0. The van der Waals surface area contributed by atoms with Crippen molar-refractivity contribution in [1.29, 1.82) is 0 Å². The summed E-state index contributed by atoms with van der Waals surface area (Å²) in [5.74, 6) is -0.349. The van der Waals surface area contributed by atoms with Gasteiger partial charge in [-0.2, -0.15) is 0 Å². The van der Waals surface area contributed by atoms with Crippen molar-refractivity contribution >= 4 is 28.9 Å². The highest BCUT2D eigenvalue weighted by molar-refractivity contribution is 5.95. The predicted molar refractivity (Wildman–Crippen MR) is 74.7 cm³/mol. The highest BCUT2D eigenvalue weighted by Gasteiger charge is 2.17. The molecule has 0 saturated carbocycles. The fourth-order valence-electron chi connectivity index (χ4n) is 2.19. The molecule has 1 aromatic carbocycles. The lowest BCUT2D eigenvalue weighted by atomic mass is 10.0. The lowest BCUT2D eigenvalue weighted by Gasteiger charge is -2.21. The van der Waals surface area contributed by atoms with Gasteiger partial charge in [0.25, 0.3) is 0 Å². The highest BCUT2D eigenvalue weighted by Crippen LogP contribution is 2.31. The number of fused-ring (bicyclic) bond motifs is 1. The Hall–Kier alpha value is -2.24. The van der Waals surface area contributed by atoms with Gasteiger partial charge < -0.3 is 22.1 Å². The Morgan fingerprint density at radius 1 is 1.47 bits per heavy atom. The molecule has 2 rings (SSSR count). The van der Waals surface area contributed by atoms with Crippen LogP contribution in [0.5, 0.6) is 0 Å². The lowest BCUT2D eigenvalue weighted by Crippen LogP contribution is -2.25. The zero-order valence-corrected chi connectivity index (χ0v) is 10.8. The van der Waals surface area contributed by atoms with Crippen LogP contribution in [-0.4, -0.2) is 17.9 Å². The van der Waals surface area contributed by atoms with Gasteiger partial charge in [0.2, 0.25) is 11.8 Å².